The summed E-state index contributed by atoms with van der Waals surface area (Å²) in [7, 11) is -0.589. The molecule has 144 valence electrons. The number of hydrogen-bond donors (Lipinski definition) is 2. The molecule has 1 aromatic carbocycles. The highest BCUT2D eigenvalue weighted by molar-refractivity contribution is 7.89. The minimum Gasteiger partial charge on any atom is -0.371 e. The maximum absolute atomic E-state index is 13.0. The van der Waals surface area contributed by atoms with Crippen LogP contribution in [0.1, 0.15) is 36.0 Å². The summed E-state index contributed by atoms with van der Waals surface area (Å²) in [6.07, 6.45) is 4.14. The van der Waals surface area contributed by atoms with Gasteiger partial charge in [0.2, 0.25) is 10.0 Å². The van der Waals surface area contributed by atoms with Crippen LogP contribution in [-0.2, 0) is 10.0 Å². The Balaban J connectivity index is 1.93. The molecule has 0 radical (unpaired) electrons. The van der Waals surface area contributed by atoms with Crippen molar-refractivity contribution in [1.82, 2.24) is 14.9 Å². The fourth-order valence-electron chi connectivity index (χ4n) is 3.54. The van der Waals surface area contributed by atoms with Crippen molar-refractivity contribution in [2.75, 3.05) is 45.2 Å². The fraction of sp³-hybridized carbons (Fsp3) is 0.611. The summed E-state index contributed by atoms with van der Waals surface area (Å²) in [5, 5.41) is 6.35. The molecule has 2 saturated heterocycles. The lowest BCUT2D eigenvalue weighted by molar-refractivity contribution is 0.0931. The third-order valence-corrected chi connectivity index (χ3v) is 6.88. The van der Waals surface area contributed by atoms with Crippen LogP contribution in [-0.4, -0.2) is 64.9 Å². The zero-order valence-electron chi connectivity index (χ0n) is 15.5. The van der Waals surface area contributed by atoms with Crippen molar-refractivity contribution in [3.63, 3.8) is 0 Å². The number of amides is 1. The molecule has 2 heterocycles. The number of piperidine rings is 1. The van der Waals surface area contributed by atoms with Gasteiger partial charge in [-0.15, -0.1) is 0 Å². The molecule has 1 amide bonds. The Kier molecular flexibility index (Phi) is 5.84. The highest BCUT2D eigenvalue weighted by Crippen LogP contribution is 2.28. The fourth-order valence-corrected chi connectivity index (χ4v) is 4.47. The van der Waals surface area contributed by atoms with E-state index in [1.807, 2.05) is 0 Å². The molecule has 2 aliphatic rings. The molecule has 8 heteroatoms. The molecule has 2 N–H and O–H groups in total. The number of hydrogen-bond acceptors (Lipinski definition) is 5. The Labute approximate surface area is 155 Å². The highest BCUT2D eigenvalue weighted by Gasteiger charge is 2.26. The lowest BCUT2D eigenvalue weighted by Gasteiger charge is -2.26. The average molecular weight is 381 g/mol. The Hall–Kier alpha value is -1.64. The van der Waals surface area contributed by atoms with Gasteiger partial charge in [0.05, 0.1) is 10.5 Å². The van der Waals surface area contributed by atoms with E-state index >= 15 is 0 Å². The lowest BCUT2D eigenvalue weighted by Crippen LogP contribution is -2.45. The molecule has 0 aliphatic carbocycles. The van der Waals surface area contributed by atoms with Crippen molar-refractivity contribution in [2.24, 2.45) is 0 Å². The van der Waals surface area contributed by atoms with E-state index in [4.69, 9.17) is 0 Å². The number of carbonyl (C=O) groups excluding carboxylic acids is 1. The van der Waals surface area contributed by atoms with Crippen LogP contribution in [0.3, 0.4) is 0 Å². The molecule has 26 heavy (non-hydrogen) atoms. The third kappa shape index (κ3) is 4.02. The summed E-state index contributed by atoms with van der Waals surface area (Å²) >= 11 is 0. The van der Waals surface area contributed by atoms with Crippen LogP contribution in [0.2, 0.25) is 0 Å². The van der Waals surface area contributed by atoms with Gasteiger partial charge in [-0.3, -0.25) is 4.79 Å². The van der Waals surface area contributed by atoms with Gasteiger partial charge in [0.1, 0.15) is 0 Å². The summed E-state index contributed by atoms with van der Waals surface area (Å²) in [5.74, 6) is -0.198. The summed E-state index contributed by atoms with van der Waals surface area (Å²) in [6, 6.07) is 4.98. The van der Waals surface area contributed by atoms with Gasteiger partial charge in [-0.05, 0) is 50.4 Å². The van der Waals surface area contributed by atoms with Crippen LogP contribution < -0.4 is 15.5 Å². The number of carbonyl (C=O) groups is 1. The van der Waals surface area contributed by atoms with Gasteiger partial charge in [0, 0.05) is 45.5 Å². The molecule has 3 rings (SSSR count). The molecule has 1 atom stereocenters. The summed E-state index contributed by atoms with van der Waals surface area (Å²) < 4.78 is 26.2. The average Bonchev–Trinajstić information content (AvgIpc) is 3.16. The number of nitrogens with zero attached hydrogens (tertiary/aromatic N) is 2. The van der Waals surface area contributed by atoms with Crippen LogP contribution in [0.5, 0.6) is 0 Å². The van der Waals surface area contributed by atoms with E-state index in [0.29, 0.717) is 5.56 Å². The quantitative estimate of drug-likeness (QED) is 0.797. The molecule has 2 aliphatic heterocycles. The zero-order valence-corrected chi connectivity index (χ0v) is 16.3. The van der Waals surface area contributed by atoms with Crippen molar-refractivity contribution in [3.05, 3.63) is 23.8 Å². The molecular weight excluding hydrogens is 352 g/mol. The van der Waals surface area contributed by atoms with Crippen LogP contribution in [0.15, 0.2) is 23.1 Å². The third-order valence-electron chi connectivity index (χ3n) is 5.07. The van der Waals surface area contributed by atoms with E-state index < -0.39 is 10.0 Å². The van der Waals surface area contributed by atoms with Gasteiger partial charge < -0.3 is 15.5 Å². The molecule has 1 aromatic rings. The van der Waals surface area contributed by atoms with Gasteiger partial charge in [-0.25, -0.2) is 12.7 Å². The lowest BCUT2D eigenvalue weighted by atomic mass is 10.1. The second kappa shape index (κ2) is 7.94. The monoisotopic (exact) mass is 380 g/mol. The molecule has 2 fully saturated rings. The van der Waals surface area contributed by atoms with Crippen LogP contribution in [0, 0.1) is 0 Å². The second-order valence-electron chi connectivity index (χ2n) is 7.18. The molecule has 0 aromatic heterocycles. The number of anilines is 1. The Morgan fingerprint density at radius 3 is 2.58 bits per heavy atom. The number of rotatable bonds is 5. The van der Waals surface area contributed by atoms with Gasteiger partial charge in [-0.2, -0.15) is 0 Å². The van der Waals surface area contributed by atoms with Crippen LogP contribution >= 0.6 is 0 Å². The number of benzene rings is 1. The van der Waals surface area contributed by atoms with Gasteiger partial charge in [0.15, 0.2) is 0 Å². The van der Waals surface area contributed by atoms with Crippen molar-refractivity contribution in [3.8, 4) is 0 Å². The van der Waals surface area contributed by atoms with Gasteiger partial charge in [-0.1, -0.05) is 0 Å². The predicted molar refractivity (Wildman–Crippen MR) is 102 cm³/mol. The maximum Gasteiger partial charge on any atom is 0.253 e. The van der Waals surface area contributed by atoms with Crippen molar-refractivity contribution in [2.45, 2.75) is 36.6 Å². The summed E-state index contributed by atoms with van der Waals surface area (Å²) in [4.78, 5) is 15.3. The SMILES string of the molecule is CN(C)S(=O)(=O)c1ccc(N2CCCC2)c(C(=O)NC2CCCNC2)c1. The normalized spacial score (nSPS) is 21.2. The minimum absolute atomic E-state index is 0.0804. The van der Waals surface area contributed by atoms with E-state index in [2.05, 4.69) is 15.5 Å². The topological polar surface area (TPSA) is 81.8 Å². The summed E-state index contributed by atoms with van der Waals surface area (Å²) in [6.45, 7) is 3.51. The Morgan fingerprint density at radius 2 is 1.96 bits per heavy atom. The Bertz CT molecular complexity index is 752. The number of nitrogens with one attached hydrogen (secondary N) is 2. The maximum atomic E-state index is 13.0. The second-order valence-corrected chi connectivity index (χ2v) is 9.33. The number of sulfonamides is 1. The largest absolute Gasteiger partial charge is 0.371 e. The van der Waals surface area contributed by atoms with Crippen molar-refractivity contribution >= 4 is 21.6 Å². The predicted octanol–water partition coefficient (Wildman–Crippen LogP) is 1.02. The van der Waals surface area contributed by atoms with E-state index in [9.17, 15) is 13.2 Å². The molecular formula is C18H28N4O3S. The molecule has 0 saturated carbocycles. The molecule has 1 unspecified atom stereocenters. The van der Waals surface area contributed by atoms with E-state index in [0.717, 1.165) is 57.5 Å². The standard InChI is InChI=1S/C18H28N4O3S/c1-21(2)26(24,25)15-7-8-17(22-10-3-4-11-22)16(12-15)18(23)20-14-6-5-9-19-13-14/h7-8,12,14,19H,3-6,9-11,13H2,1-2H3,(H,20,23). The van der Waals surface area contributed by atoms with E-state index in [1.165, 1.54) is 24.5 Å². The first kappa shape index (κ1) is 19.1. The molecule has 7 nitrogen and oxygen atoms in total. The Morgan fingerprint density at radius 1 is 1.23 bits per heavy atom. The van der Waals surface area contributed by atoms with Crippen LogP contribution in [0.4, 0.5) is 5.69 Å². The highest BCUT2D eigenvalue weighted by atomic mass is 32.2. The molecule has 0 bridgehead atoms. The zero-order chi connectivity index (χ0) is 18.7. The van der Waals surface area contributed by atoms with E-state index in [-0.39, 0.29) is 16.8 Å². The van der Waals surface area contributed by atoms with Gasteiger partial charge >= 0.3 is 0 Å². The first-order valence-corrected chi connectivity index (χ1v) is 10.7. The van der Waals surface area contributed by atoms with Crippen LogP contribution in [0.25, 0.3) is 0 Å². The van der Waals surface area contributed by atoms with Crippen molar-refractivity contribution < 1.29 is 13.2 Å². The van der Waals surface area contributed by atoms with Crippen molar-refractivity contribution in [1.29, 1.82) is 0 Å². The van der Waals surface area contributed by atoms with E-state index in [1.54, 1.807) is 12.1 Å². The summed E-state index contributed by atoms with van der Waals surface area (Å²) in [5.41, 5.74) is 1.27. The minimum atomic E-state index is -3.58. The first-order valence-electron chi connectivity index (χ1n) is 9.22. The smallest absolute Gasteiger partial charge is 0.253 e. The first-order chi connectivity index (χ1) is 12.4. The molecule has 0 spiro atoms. The van der Waals surface area contributed by atoms with Gasteiger partial charge in [0.25, 0.3) is 5.91 Å².